The Hall–Kier alpha value is -1.62. The Labute approximate surface area is 101 Å². The molecule has 1 aromatic rings. The lowest BCUT2D eigenvalue weighted by Crippen LogP contribution is -2.35. The van der Waals surface area contributed by atoms with Gasteiger partial charge in [-0.25, -0.2) is 4.98 Å². The van der Waals surface area contributed by atoms with Gasteiger partial charge in [-0.1, -0.05) is 0 Å². The Kier molecular flexibility index (Phi) is 3.93. The largest absolute Gasteiger partial charge is 0.384 e. The highest BCUT2D eigenvalue weighted by Gasteiger charge is 2.18. The van der Waals surface area contributed by atoms with Gasteiger partial charge >= 0.3 is 0 Å². The molecule has 92 valence electrons. The zero-order valence-corrected chi connectivity index (χ0v) is 9.90. The standard InChI is InChI=1S/C12H17N3O2/c1-2-13-9-3-4-11(14-7-9)12(16)15-10-5-6-17-8-10/h3-4,7,10,13H,2,5-6,8H2,1H3,(H,15,16). The average molecular weight is 235 g/mol. The monoisotopic (exact) mass is 235 g/mol. The van der Waals surface area contributed by atoms with E-state index in [9.17, 15) is 4.79 Å². The maximum atomic E-state index is 11.8. The molecule has 1 aliphatic rings. The van der Waals surface area contributed by atoms with Crippen LogP contribution in [0.2, 0.25) is 0 Å². The van der Waals surface area contributed by atoms with Crippen molar-refractivity contribution in [2.45, 2.75) is 19.4 Å². The summed E-state index contributed by atoms with van der Waals surface area (Å²) in [5.74, 6) is -0.136. The summed E-state index contributed by atoms with van der Waals surface area (Å²) in [4.78, 5) is 15.9. The highest BCUT2D eigenvalue weighted by molar-refractivity contribution is 5.92. The summed E-state index contributed by atoms with van der Waals surface area (Å²) >= 11 is 0. The van der Waals surface area contributed by atoms with Crippen LogP contribution in [0.3, 0.4) is 0 Å². The number of ether oxygens (including phenoxy) is 1. The fourth-order valence-electron chi connectivity index (χ4n) is 1.74. The van der Waals surface area contributed by atoms with Gasteiger partial charge < -0.3 is 15.4 Å². The number of aromatic nitrogens is 1. The molecule has 5 heteroatoms. The fraction of sp³-hybridized carbons (Fsp3) is 0.500. The van der Waals surface area contributed by atoms with Crippen LogP contribution in [-0.2, 0) is 4.74 Å². The van der Waals surface area contributed by atoms with Crippen LogP contribution in [0.1, 0.15) is 23.8 Å². The zero-order chi connectivity index (χ0) is 12.1. The van der Waals surface area contributed by atoms with Crippen LogP contribution in [0.25, 0.3) is 0 Å². The molecule has 0 radical (unpaired) electrons. The molecule has 1 atom stereocenters. The third-order valence-corrected chi connectivity index (χ3v) is 2.64. The van der Waals surface area contributed by atoms with Crippen LogP contribution in [0.4, 0.5) is 5.69 Å². The van der Waals surface area contributed by atoms with E-state index in [1.807, 2.05) is 13.0 Å². The minimum atomic E-state index is -0.136. The van der Waals surface area contributed by atoms with E-state index >= 15 is 0 Å². The first kappa shape index (κ1) is 11.9. The minimum Gasteiger partial charge on any atom is -0.384 e. The first-order valence-corrected chi connectivity index (χ1v) is 5.88. The zero-order valence-electron chi connectivity index (χ0n) is 9.90. The van der Waals surface area contributed by atoms with E-state index in [0.717, 1.165) is 25.3 Å². The topological polar surface area (TPSA) is 63.2 Å². The van der Waals surface area contributed by atoms with Crippen molar-refractivity contribution in [3.05, 3.63) is 24.0 Å². The van der Waals surface area contributed by atoms with Crippen molar-refractivity contribution in [3.8, 4) is 0 Å². The summed E-state index contributed by atoms with van der Waals surface area (Å²) in [5.41, 5.74) is 1.37. The Bertz CT molecular complexity index is 372. The molecule has 2 heterocycles. The number of hydrogen-bond donors (Lipinski definition) is 2. The predicted octanol–water partition coefficient (Wildman–Crippen LogP) is 1.03. The second-order valence-corrected chi connectivity index (χ2v) is 4.00. The maximum Gasteiger partial charge on any atom is 0.270 e. The molecule has 5 nitrogen and oxygen atoms in total. The molecule has 0 bridgehead atoms. The molecule has 1 amide bonds. The molecule has 2 N–H and O–H groups in total. The van der Waals surface area contributed by atoms with Crippen molar-refractivity contribution < 1.29 is 9.53 Å². The van der Waals surface area contributed by atoms with Crippen molar-refractivity contribution in [2.75, 3.05) is 25.1 Å². The van der Waals surface area contributed by atoms with Crippen LogP contribution in [0.15, 0.2) is 18.3 Å². The number of carbonyl (C=O) groups excluding carboxylic acids is 1. The third kappa shape index (κ3) is 3.17. The lowest BCUT2D eigenvalue weighted by Gasteiger charge is -2.10. The average Bonchev–Trinajstić information content (AvgIpc) is 2.83. The number of nitrogens with one attached hydrogen (secondary N) is 2. The van der Waals surface area contributed by atoms with E-state index in [4.69, 9.17) is 4.74 Å². The quantitative estimate of drug-likeness (QED) is 0.818. The Morgan fingerprint density at radius 3 is 3.06 bits per heavy atom. The fourth-order valence-corrected chi connectivity index (χ4v) is 1.74. The molecule has 2 rings (SSSR count). The molecule has 0 saturated carbocycles. The van der Waals surface area contributed by atoms with Gasteiger partial charge in [0.05, 0.1) is 24.5 Å². The molecular weight excluding hydrogens is 218 g/mol. The van der Waals surface area contributed by atoms with Crippen LogP contribution in [0, 0.1) is 0 Å². The number of hydrogen-bond acceptors (Lipinski definition) is 4. The third-order valence-electron chi connectivity index (χ3n) is 2.64. The summed E-state index contributed by atoms with van der Waals surface area (Å²) < 4.78 is 5.20. The summed E-state index contributed by atoms with van der Waals surface area (Å²) in [5, 5.41) is 6.03. The number of pyridine rings is 1. The van der Waals surface area contributed by atoms with Crippen LogP contribution in [0.5, 0.6) is 0 Å². The normalized spacial score (nSPS) is 19.0. The van der Waals surface area contributed by atoms with Crippen molar-refractivity contribution in [1.82, 2.24) is 10.3 Å². The number of amides is 1. The number of rotatable bonds is 4. The van der Waals surface area contributed by atoms with E-state index in [0.29, 0.717) is 12.3 Å². The second kappa shape index (κ2) is 5.63. The lowest BCUT2D eigenvalue weighted by atomic mass is 10.2. The number of nitrogens with zero attached hydrogens (tertiary/aromatic N) is 1. The molecular formula is C12H17N3O2. The molecule has 17 heavy (non-hydrogen) atoms. The van der Waals surface area contributed by atoms with Crippen molar-refractivity contribution in [1.29, 1.82) is 0 Å². The summed E-state index contributed by atoms with van der Waals surface area (Å²) in [6, 6.07) is 3.71. The molecule has 1 fully saturated rings. The van der Waals surface area contributed by atoms with Crippen LogP contribution in [-0.4, -0.2) is 36.7 Å². The molecule has 1 aliphatic heterocycles. The molecule has 0 aromatic carbocycles. The van der Waals surface area contributed by atoms with Gasteiger partial charge in [0, 0.05) is 13.2 Å². The van der Waals surface area contributed by atoms with Crippen molar-refractivity contribution in [2.24, 2.45) is 0 Å². The van der Waals surface area contributed by atoms with Gasteiger partial charge in [0.25, 0.3) is 5.91 Å². The Balaban J connectivity index is 1.93. The Morgan fingerprint density at radius 2 is 2.47 bits per heavy atom. The van der Waals surface area contributed by atoms with Gasteiger partial charge in [-0.05, 0) is 25.5 Å². The SMILES string of the molecule is CCNc1ccc(C(=O)NC2CCOC2)nc1. The highest BCUT2D eigenvalue weighted by Crippen LogP contribution is 2.07. The molecule has 0 aliphatic carbocycles. The van der Waals surface area contributed by atoms with Crippen molar-refractivity contribution in [3.63, 3.8) is 0 Å². The van der Waals surface area contributed by atoms with Gasteiger partial charge in [-0.2, -0.15) is 0 Å². The van der Waals surface area contributed by atoms with E-state index in [1.54, 1.807) is 12.3 Å². The minimum absolute atomic E-state index is 0.123. The molecule has 1 saturated heterocycles. The first-order valence-electron chi connectivity index (χ1n) is 5.88. The Morgan fingerprint density at radius 1 is 1.59 bits per heavy atom. The maximum absolute atomic E-state index is 11.8. The number of anilines is 1. The second-order valence-electron chi connectivity index (χ2n) is 4.00. The van der Waals surface area contributed by atoms with Gasteiger partial charge in [0.1, 0.15) is 5.69 Å². The summed E-state index contributed by atoms with van der Waals surface area (Å²) in [7, 11) is 0. The smallest absolute Gasteiger partial charge is 0.270 e. The lowest BCUT2D eigenvalue weighted by molar-refractivity contribution is 0.0925. The van der Waals surface area contributed by atoms with Gasteiger partial charge in [0.15, 0.2) is 0 Å². The van der Waals surface area contributed by atoms with Gasteiger partial charge in [-0.15, -0.1) is 0 Å². The van der Waals surface area contributed by atoms with Crippen LogP contribution < -0.4 is 10.6 Å². The summed E-state index contributed by atoms with van der Waals surface area (Å²) in [6.07, 6.45) is 2.55. The van der Waals surface area contributed by atoms with E-state index in [-0.39, 0.29) is 11.9 Å². The van der Waals surface area contributed by atoms with Crippen LogP contribution >= 0.6 is 0 Å². The van der Waals surface area contributed by atoms with E-state index < -0.39 is 0 Å². The predicted molar refractivity (Wildman–Crippen MR) is 65.1 cm³/mol. The van der Waals surface area contributed by atoms with E-state index in [1.165, 1.54) is 0 Å². The van der Waals surface area contributed by atoms with Gasteiger partial charge in [0.2, 0.25) is 0 Å². The molecule has 0 spiro atoms. The summed E-state index contributed by atoms with van der Waals surface area (Å²) in [6.45, 7) is 4.17. The number of carbonyl (C=O) groups is 1. The molecule has 1 aromatic heterocycles. The first-order chi connectivity index (χ1) is 8.29. The van der Waals surface area contributed by atoms with Crippen molar-refractivity contribution >= 4 is 11.6 Å². The van der Waals surface area contributed by atoms with E-state index in [2.05, 4.69) is 15.6 Å². The highest BCUT2D eigenvalue weighted by atomic mass is 16.5. The van der Waals surface area contributed by atoms with Gasteiger partial charge in [-0.3, -0.25) is 4.79 Å². The molecule has 1 unspecified atom stereocenters.